The fourth-order valence-electron chi connectivity index (χ4n) is 1.98. The Hall–Kier alpha value is -1.05. The first-order valence-electron chi connectivity index (χ1n) is 5.57. The lowest BCUT2D eigenvalue weighted by Crippen LogP contribution is -2.26. The van der Waals surface area contributed by atoms with Gasteiger partial charge in [-0.2, -0.15) is 0 Å². The molecule has 82 valence electrons. The third-order valence-electron chi connectivity index (χ3n) is 2.95. The van der Waals surface area contributed by atoms with Crippen LogP contribution in [0.5, 0.6) is 0 Å². The number of alkyl halides is 1. The summed E-state index contributed by atoms with van der Waals surface area (Å²) in [6.07, 6.45) is 0. The highest BCUT2D eigenvalue weighted by Gasteiger charge is 2.29. The van der Waals surface area contributed by atoms with E-state index in [0.29, 0.717) is 0 Å². The highest BCUT2D eigenvalue weighted by atomic mass is 35.5. The SMILES string of the molecule is C[SiH2]C(Cl)(c1ccccc1)c1ccccc1. The van der Waals surface area contributed by atoms with Gasteiger partial charge in [0.15, 0.2) is 0 Å². The van der Waals surface area contributed by atoms with E-state index >= 15 is 0 Å². The van der Waals surface area contributed by atoms with Crippen molar-refractivity contribution in [3.63, 3.8) is 0 Å². The number of halogens is 1. The van der Waals surface area contributed by atoms with Crippen LogP contribution in [0.4, 0.5) is 0 Å². The van der Waals surface area contributed by atoms with Crippen molar-refractivity contribution in [1.82, 2.24) is 0 Å². The van der Waals surface area contributed by atoms with Crippen LogP contribution in [-0.4, -0.2) is 9.52 Å². The molecule has 0 fully saturated rings. The van der Waals surface area contributed by atoms with Crippen LogP contribution in [0.1, 0.15) is 11.1 Å². The van der Waals surface area contributed by atoms with Crippen molar-refractivity contribution in [2.24, 2.45) is 0 Å². The summed E-state index contributed by atoms with van der Waals surface area (Å²) in [5, 5.41) is 0. The number of rotatable bonds is 3. The van der Waals surface area contributed by atoms with Crippen molar-refractivity contribution >= 4 is 21.1 Å². The Bertz CT molecular complexity index is 399. The summed E-state index contributed by atoms with van der Waals surface area (Å²) in [4.78, 5) is 0. The van der Waals surface area contributed by atoms with Crippen molar-refractivity contribution in [2.75, 3.05) is 0 Å². The van der Waals surface area contributed by atoms with Crippen molar-refractivity contribution in [2.45, 2.75) is 11.0 Å². The Morgan fingerprint density at radius 1 is 0.812 bits per heavy atom. The van der Waals surface area contributed by atoms with Crippen molar-refractivity contribution < 1.29 is 0 Å². The molecule has 0 bridgehead atoms. The largest absolute Gasteiger partial charge is 0.114 e. The first kappa shape index (κ1) is 11.4. The highest BCUT2D eigenvalue weighted by Crippen LogP contribution is 2.35. The van der Waals surface area contributed by atoms with Crippen molar-refractivity contribution in [3.05, 3.63) is 71.8 Å². The molecule has 0 aliphatic rings. The molecule has 2 heteroatoms. The molecule has 0 amide bonds. The molecule has 0 aliphatic heterocycles. The molecule has 0 radical (unpaired) electrons. The third-order valence-corrected chi connectivity index (χ3v) is 5.98. The topological polar surface area (TPSA) is 0 Å². The van der Waals surface area contributed by atoms with Crippen LogP contribution >= 0.6 is 11.6 Å². The van der Waals surface area contributed by atoms with Gasteiger partial charge in [0, 0.05) is 0 Å². The van der Waals surface area contributed by atoms with Gasteiger partial charge in [0.25, 0.3) is 0 Å². The zero-order valence-corrected chi connectivity index (χ0v) is 11.5. The minimum atomic E-state index is -0.400. The maximum Gasteiger partial charge on any atom is 0.0781 e. The molecule has 2 rings (SSSR count). The summed E-state index contributed by atoms with van der Waals surface area (Å²) in [5.74, 6) is 0. The lowest BCUT2D eigenvalue weighted by atomic mass is 10.0. The summed E-state index contributed by atoms with van der Waals surface area (Å²) in [5.41, 5.74) is 2.44. The van der Waals surface area contributed by atoms with E-state index in [4.69, 9.17) is 11.6 Å². The van der Waals surface area contributed by atoms with Crippen LogP contribution in [-0.2, 0) is 4.50 Å². The molecule has 2 aromatic carbocycles. The monoisotopic (exact) mass is 246 g/mol. The summed E-state index contributed by atoms with van der Waals surface area (Å²) in [6.45, 7) is 2.26. The molecule has 0 N–H and O–H groups in total. The van der Waals surface area contributed by atoms with E-state index in [2.05, 4.69) is 55.1 Å². The van der Waals surface area contributed by atoms with Gasteiger partial charge >= 0.3 is 0 Å². The normalized spacial score (nSPS) is 12.1. The Balaban J connectivity index is 2.49. The molecular formula is C14H15ClSi. The molecule has 16 heavy (non-hydrogen) atoms. The summed E-state index contributed by atoms with van der Waals surface area (Å²) >= 11 is 6.84. The molecule has 0 heterocycles. The molecule has 0 saturated heterocycles. The van der Waals surface area contributed by atoms with Crippen molar-refractivity contribution in [1.29, 1.82) is 0 Å². The molecule has 0 aromatic heterocycles. The Morgan fingerprint density at radius 3 is 1.50 bits per heavy atom. The van der Waals surface area contributed by atoms with Crippen LogP contribution in [0.25, 0.3) is 0 Å². The lowest BCUT2D eigenvalue weighted by molar-refractivity contribution is 1.02. The minimum Gasteiger partial charge on any atom is -0.114 e. The van der Waals surface area contributed by atoms with Crippen LogP contribution in [0.2, 0.25) is 6.55 Å². The van der Waals surface area contributed by atoms with E-state index in [1.54, 1.807) is 0 Å². The Morgan fingerprint density at radius 2 is 1.19 bits per heavy atom. The first-order valence-corrected chi connectivity index (χ1v) is 8.07. The summed E-state index contributed by atoms with van der Waals surface area (Å²) in [7, 11) is -0.400. The molecule has 0 nitrogen and oxygen atoms in total. The van der Waals surface area contributed by atoms with Crippen molar-refractivity contribution in [3.8, 4) is 0 Å². The zero-order chi connectivity index (χ0) is 11.4. The average Bonchev–Trinajstić information content (AvgIpc) is 2.40. The van der Waals surface area contributed by atoms with Gasteiger partial charge in [0.2, 0.25) is 0 Å². The second kappa shape index (κ2) is 4.85. The van der Waals surface area contributed by atoms with Crippen LogP contribution in [0.15, 0.2) is 60.7 Å². The van der Waals surface area contributed by atoms with Crippen LogP contribution in [0, 0.1) is 0 Å². The van der Waals surface area contributed by atoms with Gasteiger partial charge in [0.1, 0.15) is 0 Å². The summed E-state index contributed by atoms with van der Waals surface area (Å²) < 4.78 is -0.261. The quantitative estimate of drug-likeness (QED) is 0.576. The van der Waals surface area contributed by atoms with E-state index in [0.717, 1.165) is 0 Å². The molecular weight excluding hydrogens is 232 g/mol. The second-order valence-corrected chi connectivity index (χ2v) is 6.75. The Kier molecular flexibility index (Phi) is 3.47. The maximum atomic E-state index is 6.84. The Labute approximate surface area is 104 Å². The molecule has 2 aromatic rings. The van der Waals surface area contributed by atoms with E-state index in [-0.39, 0.29) is 4.50 Å². The zero-order valence-electron chi connectivity index (χ0n) is 9.36. The van der Waals surface area contributed by atoms with Gasteiger partial charge < -0.3 is 0 Å². The van der Waals surface area contributed by atoms with E-state index in [1.807, 2.05) is 12.1 Å². The summed E-state index contributed by atoms with van der Waals surface area (Å²) in [6, 6.07) is 20.8. The van der Waals surface area contributed by atoms with E-state index in [9.17, 15) is 0 Å². The smallest absolute Gasteiger partial charge is 0.0781 e. The fraction of sp³-hybridized carbons (Fsp3) is 0.143. The fourth-order valence-corrected chi connectivity index (χ4v) is 3.52. The molecule has 0 aliphatic carbocycles. The first-order chi connectivity index (χ1) is 7.77. The van der Waals surface area contributed by atoms with Gasteiger partial charge in [-0.3, -0.25) is 0 Å². The third kappa shape index (κ3) is 2.06. The molecule has 0 saturated carbocycles. The number of benzene rings is 2. The standard InChI is InChI=1S/C14H15ClSi/c1-16-14(15,12-8-4-2-5-9-12)13-10-6-3-7-11-13/h2-11H,16H2,1H3. The second-order valence-electron chi connectivity index (χ2n) is 3.89. The van der Waals surface area contributed by atoms with Crippen LogP contribution in [0.3, 0.4) is 0 Å². The molecule has 0 atom stereocenters. The average molecular weight is 247 g/mol. The minimum absolute atomic E-state index is 0.261. The predicted molar refractivity (Wildman–Crippen MR) is 73.9 cm³/mol. The van der Waals surface area contributed by atoms with Crippen LogP contribution < -0.4 is 0 Å². The van der Waals surface area contributed by atoms with Gasteiger partial charge in [-0.05, 0) is 11.1 Å². The van der Waals surface area contributed by atoms with Gasteiger partial charge in [0.05, 0.1) is 14.0 Å². The van der Waals surface area contributed by atoms with Gasteiger partial charge in [-0.1, -0.05) is 67.2 Å². The van der Waals surface area contributed by atoms with Gasteiger partial charge in [-0.25, -0.2) is 0 Å². The predicted octanol–water partition coefficient (Wildman–Crippen LogP) is 3.34. The van der Waals surface area contributed by atoms with E-state index < -0.39 is 9.52 Å². The molecule has 0 spiro atoms. The highest BCUT2D eigenvalue weighted by molar-refractivity contribution is 6.57. The van der Waals surface area contributed by atoms with E-state index in [1.165, 1.54) is 11.1 Å². The van der Waals surface area contributed by atoms with Gasteiger partial charge in [-0.15, -0.1) is 11.6 Å². The number of hydrogen-bond acceptors (Lipinski definition) is 0. The molecule has 0 unspecified atom stereocenters. The maximum absolute atomic E-state index is 6.84. The lowest BCUT2D eigenvalue weighted by Gasteiger charge is -2.26. The number of hydrogen-bond donors (Lipinski definition) is 0.